The van der Waals surface area contributed by atoms with Crippen LogP contribution in [0.25, 0.3) is 0 Å². The summed E-state index contributed by atoms with van der Waals surface area (Å²) in [5.74, 6) is -0.374. The van der Waals surface area contributed by atoms with Gasteiger partial charge >= 0.3 is 6.36 Å². The maximum absolute atomic E-state index is 12.1. The van der Waals surface area contributed by atoms with E-state index < -0.39 is 12.5 Å². The van der Waals surface area contributed by atoms with E-state index in [1.165, 1.54) is 18.2 Å². The third-order valence-corrected chi connectivity index (χ3v) is 2.62. The highest BCUT2D eigenvalue weighted by Crippen LogP contribution is 2.27. The van der Waals surface area contributed by atoms with Crippen LogP contribution in [-0.2, 0) is 0 Å². The molecular weight excluding hydrogens is 271 g/mol. The number of benzene rings is 1. The molecule has 1 N–H and O–H groups in total. The van der Waals surface area contributed by atoms with Crippen molar-refractivity contribution in [3.63, 3.8) is 0 Å². The number of rotatable bonds is 3. The van der Waals surface area contributed by atoms with Gasteiger partial charge in [-0.05, 0) is 36.2 Å². The first kappa shape index (κ1) is 14.3. The highest BCUT2D eigenvalue weighted by atomic mass is 19.4. The van der Waals surface area contributed by atoms with Crippen molar-refractivity contribution in [1.29, 1.82) is 0 Å². The number of pyridine rings is 1. The molecule has 1 heterocycles. The van der Waals surface area contributed by atoms with Gasteiger partial charge in [0.15, 0.2) is 0 Å². The van der Waals surface area contributed by atoms with Crippen molar-refractivity contribution in [2.75, 3.05) is 0 Å². The second kappa shape index (κ2) is 5.50. The van der Waals surface area contributed by atoms with Gasteiger partial charge in [-0.25, -0.2) is 0 Å². The molecule has 20 heavy (non-hydrogen) atoms. The molecule has 3 nitrogen and oxygen atoms in total. The molecule has 0 amide bonds. The van der Waals surface area contributed by atoms with E-state index in [1.54, 1.807) is 18.3 Å². The highest BCUT2D eigenvalue weighted by Gasteiger charge is 2.31. The summed E-state index contributed by atoms with van der Waals surface area (Å²) < 4.78 is 40.2. The lowest BCUT2D eigenvalue weighted by molar-refractivity contribution is -0.274. The Morgan fingerprint density at radius 1 is 1.20 bits per heavy atom. The lowest BCUT2D eigenvalue weighted by Crippen LogP contribution is -2.17. The van der Waals surface area contributed by atoms with Crippen LogP contribution in [0.4, 0.5) is 13.2 Å². The first-order chi connectivity index (χ1) is 9.35. The van der Waals surface area contributed by atoms with Crippen molar-refractivity contribution in [2.24, 2.45) is 0 Å². The fraction of sp³-hybridized carbons (Fsp3) is 0.214. The summed E-state index contributed by atoms with van der Waals surface area (Å²) in [6.07, 6.45) is -4.28. The zero-order chi connectivity index (χ0) is 14.8. The van der Waals surface area contributed by atoms with Gasteiger partial charge < -0.3 is 9.84 Å². The second-order valence-corrected chi connectivity index (χ2v) is 4.28. The van der Waals surface area contributed by atoms with Gasteiger partial charge in [-0.2, -0.15) is 0 Å². The van der Waals surface area contributed by atoms with Crippen molar-refractivity contribution >= 4 is 0 Å². The first-order valence-corrected chi connectivity index (χ1v) is 5.81. The standard InChI is InChI=1S/C14H12F3NO2/c1-9-5-6-12(18-8-9)13(19)10-3-2-4-11(7-10)20-14(15,16)17/h2-8,13,19H,1H3. The van der Waals surface area contributed by atoms with Crippen LogP contribution in [0.3, 0.4) is 0 Å². The van der Waals surface area contributed by atoms with Gasteiger partial charge in [-0.15, -0.1) is 13.2 Å². The summed E-state index contributed by atoms with van der Waals surface area (Å²) in [5.41, 5.74) is 1.57. The Morgan fingerprint density at radius 2 is 1.95 bits per heavy atom. The molecule has 0 bridgehead atoms. The summed E-state index contributed by atoms with van der Waals surface area (Å²) in [4.78, 5) is 4.05. The van der Waals surface area contributed by atoms with E-state index in [1.807, 2.05) is 6.92 Å². The maximum atomic E-state index is 12.1. The van der Waals surface area contributed by atoms with Crippen LogP contribution in [0.1, 0.15) is 22.9 Å². The number of hydrogen-bond donors (Lipinski definition) is 1. The fourth-order valence-corrected chi connectivity index (χ4v) is 1.69. The molecule has 0 radical (unpaired) electrons. The normalized spacial score (nSPS) is 13.1. The average molecular weight is 283 g/mol. The topological polar surface area (TPSA) is 42.4 Å². The summed E-state index contributed by atoms with van der Waals surface area (Å²) in [6.45, 7) is 1.85. The predicted octanol–water partition coefficient (Wildman–Crippen LogP) is 3.37. The zero-order valence-corrected chi connectivity index (χ0v) is 10.6. The summed E-state index contributed by atoms with van der Waals surface area (Å²) in [7, 11) is 0. The van der Waals surface area contributed by atoms with Crippen molar-refractivity contribution < 1.29 is 23.0 Å². The highest BCUT2D eigenvalue weighted by molar-refractivity contribution is 5.33. The number of nitrogens with zero attached hydrogens (tertiary/aromatic N) is 1. The average Bonchev–Trinajstić information content (AvgIpc) is 2.37. The van der Waals surface area contributed by atoms with Crippen LogP contribution in [0.5, 0.6) is 5.75 Å². The molecular formula is C14H12F3NO2. The lowest BCUT2D eigenvalue weighted by atomic mass is 10.1. The quantitative estimate of drug-likeness (QED) is 0.939. The maximum Gasteiger partial charge on any atom is 0.573 e. The Morgan fingerprint density at radius 3 is 2.55 bits per heavy atom. The molecule has 0 aliphatic rings. The smallest absolute Gasteiger partial charge is 0.406 e. The molecule has 0 aliphatic carbocycles. The summed E-state index contributed by atoms with van der Waals surface area (Å²) >= 11 is 0. The molecule has 2 aromatic rings. The van der Waals surface area contributed by atoms with E-state index in [-0.39, 0.29) is 11.3 Å². The zero-order valence-electron chi connectivity index (χ0n) is 10.6. The van der Waals surface area contributed by atoms with Crippen molar-refractivity contribution in [3.8, 4) is 5.75 Å². The second-order valence-electron chi connectivity index (χ2n) is 4.28. The van der Waals surface area contributed by atoms with Crippen LogP contribution in [-0.4, -0.2) is 16.5 Å². The summed E-state index contributed by atoms with van der Waals surface area (Å²) in [6, 6.07) is 8.59. The van der Waals surface area contributed by atoms with Crippen LogP contribution in [0.2, 0.25) is 0 Å². The van der Waals surface area contributed by atoms with Gasteiger partial charge in [-0.3, -0.25) is 4.98 Å². The third kappa shape index (κ3) is 3.71. The van der Waals surface area contributed by atoms with E-state index >= 15 is 0 Å². The van der Waals surface area contributed by atoms with E-state index in [2.05, 4.69) is 9.72 Å². The number of halogens is 3. The molecule has 0 fully saturated rings. The largest absolute Gasteiger partial charge is 0.573 e. The number of aliphatic hydroxyl groups excluding tert-OH is 1. The van der Waals surface area contributed by atoms with Crippen molar-refractivity contribution in [2.45, 2.75) is 19.4 Å². The molecule has 0 saturated heterocycles. The predicted molar refractivity (Wildman–Crippen MR) is 66.2 cm³/mol. The van der Waals surface area contributed by atoms with Gasteiger partial charge in [0.05, 0.1) is 5.69 Å². The number of alkyl halides is 3. The Kier molecular flexibility index (Phi) is 3.94. The number of aliphatic hydroxyl groups is 1. The molecule has 0 saturated carbocycles. The number of hydrogen-bond acceptors (Lipinski definition) is 3. The fourth-order valence-electron chi connectivity index (χ4n) is 1.69. The molecule has 2 rings (SSSR count). The van der Waals surface area contributed by atoms with Crippen molar-refractivity contribution in [3.05, 3.63) is 59.4 Å². The van der Waals surface area contributed by atoms with Gasteiger partial charge in [0.25, 0.3) is 0 Å². The van der Waals surface area contributed by atoms with Gasteiger partial charge in [0, 0.05) is 6.20 Å². The number of aromatic nitrogens is 1. The van der Waals surface area contributed by atoms with E-state index in [9.17, 15) is 18.3 Å². The third-order valence-electron chi connectivity index (χ3n) is 2.62. The Labute approximate surface area is 113 Å². The van der Waals surface area contributed by atoms with Gasteiger partial charge in [0.2, 0.25) is 0 Å². The Bertz CT molecular complexity index is 582. The molecule has 0 aliphatic heterocycles. The van der Waals surface area contributed by atoms with Crippen LogP contribution >= 0.6 is 0 Å². The van der Waals surface area contributed by atoms with Crippen molar-refractivity contribution in [1.82, 2.24) is 4.98 Å². The minimum atomic E-state index is -4.76. The Hall–Kier alpha value is -2.08. The van der Waals surface area contributed by atoms with E-state index in [4.69, 9.17) is 0 Å². The van der Waals surface area contributed by atoms with E-state index in [0.29, 0.717) is 5.69 Å². The molecule has 1 aromatic carbocycles. The number of aryl methyl sites for hydroxylation is 1. The SMILES string of the molecule is Cc1ccc(C(O)c2cccc(OC(F)(F)F)c2)nc1. The Balaban J connectivity index is 2.24. The minimum Gasteiger partial charge on any atom is -0.406 e. The molecule has 1 atom stereocenters. The van der Waals surface area contributed by atoms with Crippen LogP contribution in [0, 0.1) is 6.92 Å². The van der Waals surface area contributed by atoms with Gasteiger partial charge in [0.1, 0.15) is 11.9 Å². The molecule has 1 aromatic heterocycles. The molecule has 0 spiro atoms. The number of ether oxygens (including phenoxy) is 1. The summed E-state index contributed by atoms with van der Waals surface area (Å²) in [5, 5.41) is 10.1. The van der Waals surface area contributed by atoms with E-state index in [0.717, 1.165) is 11.6 Å². The lowest BCUT2D eigenvalue weighted by Gasteiger charge is -2.13. The monoisotopic (exact) mass is 283 g/mol. The minimum absolute atomic E-state index is 0.281. The van der Waals surface area contributed by atoms with Crippen LogP contribution < -0.4 is 4.74 Å². The van der Waals surface area contributed by atoms with Gasteiger partial charge in [-0.1, -0.05) is 18.2 Å². The molecule has 106 valence electrons. The van der Waals surface area contributed by atoms with Crippen LogP contribution in [0.15, 0.2) is 42.6 Å². The molecule has 6 heteroatoms. The molecule has 1 unspecified atom stereocenters. The first-order valence-electron chi connectivity index (χ1n) is 5.81.